The highest BCUT2D eigenvalue weighted by Crippen LogP contribution is 2.23. The van der Waals surface area contributed by atoms with Crippen LogP contribution in [0, 0.1) is 11.6 Å². The summed E-state index contributed by atoms with van der Waals surface area (Å²) in [6, 6.07) is 2.14. The van der Waals surface area contributed by atoms with Gasteiger partial charge >= 0.3 is 0 Å². The number of rotatable bonds is 4. The second-order valence-corrected chi connectivity index (χ2v) is 3.58. The third kappa shape index (κ3) is 2.82. The average Bonchev–Trinajstić information content (AvgIpc) is 2.23. The van der Waals surface area contributed by atoms with E-state index in [9.17, 15) is 13.6 Å². The molecule has 0 spiro atoms. The minimum atomic E-state index is -1.06. The highest BCUT2D eigenvalue weighted by molar-refractivity contribution is 9.10. The number of ketones is 1. The molecule has 0 aromatic heterocycles. The predicted octanol–water partition coefficient (Wildman–Crippen LogP) is 2.95. The Morgan fingerprint density at radius 2 is 2.13 bits per heavy atom. The summed E-state index contributed by atoms with van der Waals surface area (Å²) in [7, 11) is 0. The smallest absolute Gasteiger partial charge is 0.189 e. The van der Waals surface area contributed by atoms with E-state index in [1.165, 1.54) is 6.07 Å². The fourth-order valence-electron chi connectivity index (χ4n) is 1.01. The Balaban J connectivity index is 2.95. The summed E-state index contributed by atoms with van der Waals surface area (Å²) in [6.45, 7) is 2.00. The lowest BCUT2D eigenvalue weighted by atomic mass is 10.1. The van der Waals surface area contributed by atoms with Crippen LogP contribution in [0.5, 0.6) is 0 Å². The number of carbonyl (C=O) groups is 1. The van der Waals surface area contributed by atoms with Gasteiger partial charge in [0.15, 0.2) is 17.4 Å². The molecule has 0 aliphatic carbocycles. The van der Waals surface area contributed by atoms with Crippen LogP contribution in [-0.2, 0) is 4.74 Å². The average molecular weight is 279 g/mol. The molecule has 0 saturated heterocycles. The molecule has 0 amide bonds. The van der Waals surface area contributed by atoms with E-state index in [1.807, 2.05) is 0 Å². The van der Waals surface area contributed by atoms with E-state index in [-0.39, 0.29) is 22.4 Å². The maximum Gasteiger partial charge on any atom is 0.189 e. The summed E-state index contributed by atoms with van der Waals surface area (Å²) in [5, 5.41) is 0. The van der Waals surface area contributed by atoms with Gasteiger partial charge in [-0.15, -0.1) is 0 Å². The molecule has 1 aromatic carbocycles. The van der Waals surface area contributed by atoms with Crippen LogP contribution in [0.1, 0.15) is 17.3 Å². The summed E-state index contributed by atoms with van der Waals surface area (Å²) in [6.07, 6.45) is 0. The first-order valence-electron chi connectivity index (χ1n) is 4.32. The number of carbonyl (C=O) groups excluding carboxylic acids is 1. The monoisotopic (exact) mass is 278 g/mol. The van der Waals surface area contributed by atoms with Crippen LogP contribution in [-0.4, -0.2) is 19.0 Å². The number of halogens is 3. The van der Waals surface area contributed by atoms with Crippen molar-refractivity contribution in [3.63, 3.8) is 0 Å². The number of hydrogen-bond acceptors (Lipinski definition) is 2. The lowest BCUT2D eigenvalue weighted by Gasteiger charge is -2.05. The van der Waals surface area contributed by atoms with E-state index in [0.717, 1.165) is 6.07 Å². The Labute approximate surface area is 94.4 Å². The molecule has 0 bridgehead atoms. The zero-order chi connectivity index (χ0) is 11.4. The molecule has 0 radical (unpaired) electrons. The van der Waals surface area contributed by atoms with E-state index in [0.29, 0.717) is 6.61 Å². The van der Waals surface area contributed by atoms with Gasteiger partial charge in [0.05, 0.1) is 4.47 Å². The first kappa shape index (κ1) is 12.3. The SMILES string of the molecule is CCOCC(=O)c1ccc(F)c(F)c1Br. The van der Waals surface area contributed by atoms with Gasteiger partial charge in [-0.1, -0.05) is 0 Å². The minimum absolute atomic E-state index is 0.0855. The molecule has 0 aliphatic rings. The van der Waals surface area contributed by atoms with E-state index in [4.69, 9.17) is 4.74 Å². The van der Waals surface area contributed by atoms with Crippen LogP contribution < -0.4 is 0 Å². The summed E-state index contributed by atoms with van der Waals surface area (Å²) in [4.78, 5) is 11.4. The minimum Gasteiger partial charge on any atom is -0.374 e. The van der Waals surface area contributed by atoms with Crippen molar-refractivity contribution in [2.24, 2.45) is 0 Å². The largest absolute Gasteiger partial charge is 0.374 e. The van der Waals surface area contributed by atoms with E-state index in [2.05, 4.69) is 15.9 Å². The fourth-order valence-corrected chi connectivity index (χ4v) is 1.56. The maximum atomic E-state index is 13.1. The van der Waals surface area contributed by atoms with Gasteiger partial charge < -0.3 is 4.74 Å². The standard InChI is InChI=1S/C10H9BrF2O2/c1-2-15-5-8(14)6-3-4-7(12)10(13)9(6)11/h3-4H,2,5H2,1H3. The van der Waals surface area contributed by atoms with Crippen LogP contribution in [0.4, 0.5) is 8.78 Å². The molecule has 0 fully saturated rings. The molecule has 15 heavy (non-hydrogen) atoms. The Kier molecular flexibility index (Phi) is 4.35. The number of hydrogen-bond donors (Lipinski definition) is 0. The van der Waals surface area contributed by atoms with Crippen molar-refractivity contribution >= 4 is 21.7 Å². The predicted molar refractivity (Wildman–Crippen MR) is 54.9 cm³/mol. The molecule has 2 nitrogen and oxygen atoms in total. The molecule has 1 rings (SSSR count). The molecule has 0 saturated carbocycles. The van der Waals surface area contributed by atoms with Gasteiger partial charge in [0.1, 0.15) is 6.61 Å². The van der Waals surface area contributed by atoms with Crippen molar-refractivity contribution in [3.8, 4) is 0 Å². The van der Waals surface area contributed by atoms with Crippen LogP contribution in [0.2, 0.25) is 0 Å². The Bertz CT molecular complexity index is 380. The molecule has 1 aromatic rings. The first-order valence-corrected chi connectivity index (χ1v) is 5.11. The van der Waals surface area contributed by atoms with Gasteiger partial charge in [0, 0.05) is 12.2 Å². The van der Waals surface area contributed by atoms with Gasteiger partial charge in [-0.2, -0.15) is 0 Å². The van der Waals surface area contributed by atoms with E-state index < -0.39 is 11.6 Å². The summed E-state index contributed by atoms with van der Waals surface area (Å²) in [5.41, 5.74) is 0.0855. The molecule has 0 N–H and O–H groups in total. The number of Topliss-reactive ketones (excluding diaryl/α,β-unsaturated/α-hetero) is 1. The van der Waals surface area contributed by atoms with Gasteiger partial charge in [-0.25, -0.2) is 8.78 Å². The zero-order valence-electron chi connectivity index (χ0n) is 8.02. The highest BCUT2D eigenvalue weighted by Gasteiger charge is 2.16. The second kappa shape index (κ2) is 5.32. The maximum absolute atomic E-state index is 13.1. The van der Waals surface area contributed by atoms with E-state index in [1.54, 1.807) is 6.92 Å². The molecule has 0 atom stereocenters. The van der Waals surface area contributed by atoms with Gasteiger partial charge in [0.2, 0.25) is 0 Å². The Hall–Kier alpha value is -0.810. The summed E-state index contributed by atoms with van der Waals surface area (Å²) >= 11 is 2.83. The summed E-state index contributed by atoms with van der Waals surface area (Å²) < 4.78 is 30.5. The molecule has 0 unspecified atom stereocenters. The van der Waals surface area contributed by atoms with E-state index >= 15 is 0 Å². The molecule has 0 aliphatic heterocycles. The van der Waals surface area contributed by atoms with Gasteiger partial charge in [-0.3, -0.25) is 4.79 Å². The highest BCUT2D eigenvalue weighted by atomic mass is 79.9. The fraction of sp³-hybridized carbons (Fsp3) is 0.300. The molecular weight excluding hydrogens is 270 g/mol. The second-order valence-electron chi connectivity index (χ2n) is 2.78. The quantitative estimate of drug-likeness (QED) is 0.625. The van der Waals surface area contributed by atoms with Crippen LogP contribution in [0.25, 0.3) is 0 Å². The topological polar surface area (TPSA) is 26.3 Å². The number of ether oxygens (including phenoxy) is 1. The summed E-state index contributed by atoms with van der Waals surface area (Å²) in [5.74, 6) is -2.44. The first-order chi connectivity index (χ1) is 7.07. The lowest BCUT2D eigenvalue weighted by molar-refractivity contribution is 0.0782. The van der Waals surface area contributed by atoms with Crippen molar-refractivity contribution in [2.45, 2.75) is 6.92 Å². The van der Waals surface area contributed by atoms with Crippen molar-refractivity contribution < 1.29 is 18.3 Å². The lowest BCUT2D eigenvalue weighted by Crippen LogP contribution is -2.10. The molecular formula is C10H9BrF2O2. The van der Waals surface area contributed by atoms with Crippen molar-refractivity contribution in [3.05, 3.63) is 33.8 Å². The third-order valence-corrected chi connectivity index (χ3v) is 2.55. The molecule has 5 heteroatoms. The van der Waals surface area contributed by atoms with Gasteiger partial charge in [0.25, 0.3) is 0 Å². The normalized spacial score (nSPS) is 10.4. The van der Waals surface area contributed by atoms with Crippen molar-refractivity contribution in [1.29, 1.82) is 0 Å². The zero-order valence-corrected chi connectivity index (χ0v) is 9.61. The Morgan fingerprint density at radius 1 is 1.47 bits per heavy atom. The van der Waals surface area contributed by atoms with Crippen molar-refractivity contribution in [2.75, 3.05) is 13.2 Å². The third-order valence-electron chi connectivity index (χ3n) is 1.77. The van der Waals surface area contributed by atoms with Crippen LogP contribution in [0.15, 0.2) is 16.6 Å². The van der Waals surface area contributed by atoms with Crippen molar-refractivity contribution in [1.82, 2.24) is 0 Å². The van der Waals surface area contributed by atoms with Crippen LogP contribution >= 0.6 is 15.9 Å². The van der Waals surface area contributed by atoms with Gasteiger partial charge in [-0.05, 0) is 35.0 Å². The molecule has 0 heterocycles. The molecule has 82 valence electrons. The van der Waals surface area contributed by atoms with Crippen LogP contribution in [0.3, 0.4) is 0 Å². The number of benzene rings is 1. The Morgan fingerprint density at radius 3 is 2.73 bits per heavy atom.